The third-order valence-electron chi connectivity index (χ3n) is 6.05. The van der Waals surface area contributed by atoms with Gasteiger partial charge in [-0.05, 0) is 54.9 Å². The summed E-state index contributed by atoms with van der Waals surface area (Å²) in [5, 5.41) is 3.21. The summed E-state index contributed by atoms with van der Waals surface area (Å²) in [5.41, 5.74) is 2.08. The van der Waals surface area contributed by atoms with Gasteiger partial charge in [0.1, 0.15) is 6.04 Å². The number of hydrogen-bond acceptors (Lipinski definition) is 3. The molecular weight excluding hydrogens is 364 g/mol. The van der Waals surface area contributed by atoms with Crippen LogP contribution in [0.1, 0.15) is 86.0 Å². The van der Waals surface area contributed by atoms with Gasteiger partial charge in [-0.15, -0.1) is 0 Å². The maximum absolute atomic E-state index is 13.4. The molecule has 1 heterocycles. The molecular formula is C24H30N2O3. The van der Waals surface area contributed by atoms with Crippen LogP contribution in [0, 0.1) is 0 Å². The summed E-state index contributed by atoms with van der Waals surface area (Å²) in [6.07, 6.45) is 7.67. The number of furan rings is 1. The van der Waals surface area contributed by atoms with Crippen molar-refractivity contribution in [3.63, 3.8) is 0 Å². The molecule has 2 saturated carbocycles. The van der Waals surface area contributed by atoms with Crippen molar-refractivity contribution in [2.24, 2.45) is 0 Å². The highest BCUT2D eigenvalue weighted by Crippen LogP contribution is 2.37. The van der Waals surface area contributed by atoms with E-state index in [1.165, 1.54) is 11.8 Å². The van der Waals surface area contributed by atoms with Gasteiger partial charge in [-0.25, -0.2) is 0 Å². The summed E-state index contributed by atoms with van der Waals surface area (Å²) in [6.45, 7) is 4.30. The van der Waals surface area contributed by atoms with Gasteiger partial charge in [0.05, 0.1) is 6.26 Å². The second-order valence-corrected chi connectivity index (χ2v) is 8.63. The topological polar surface area (TPSA) is 62.6 Å². The van der Waals surface area contributed by atoms with Gasteiger partial charge in [-0.2, -0.15) is 0 Å². The summed E-state index contributed by atoms with van der Waals surface area (Å²) < 4.78 is 5.38. The molecule has 1 unspecified atom stereocenters. The Morgan fingerprint density at radius 1 is 1.00 bits per heavy atom. The summed E-state index contributed by atoms with van der Waals surface area (Å²) in [4.78, 5) is 28.4. The average molecular weight is 395 g/mol. The van der Waals surface area contributed by atoms with Crippen molar-refractivity contribution in [1.82, 2.24) is 10.2 Å². The molecule has 1 aromatic heterocycles. The number of carbonyl (C=O) groups excluding carboxylic acids is 2. The van der Waals surface area contributed by atoms with Crippen molar-refractivity contribution in [3.8, 4) is 0 Å². The zero-order chi connectivity index (χ0) is 20.4. The second kappa shape index (κ2) is 8.44. The number of rotatable bonds is 7. The monoisotopic (exact) mass is 394 g/mol. The summed E-state index contributed by atoms with van der Waals surface area (Å²) >= 11 is 0. The zero-order valence-corrected chi connectivity index (χ0v) is 17.3. The van der Waals surface area contributed by atoms with Crippen molar-refractivity contribution in [2.45, 2.75) is 76.4 Å². The standard InChI is InChI=1S/C24H30N2O3/c1-16(2)17-9-11-18(12-10-17)22(23(27)25-19-6-3-4-7-19)26(20-13-14-20)24(28)21-8-5-15-29-21/h5,8-12,15-16,19-20,22H,3-4,6-7,13-14H2,1-2H3,(H,25,27). The molecule has 0 bridgehead atoms. The molecule has 2 aliphatic rings. The van der Waals surface area contributed by atoms with E-state index in [9.17, 15) is 9.59 Å². The van der Waals surface area contributed by atoms with Crippen LogP contribution in [0.4, 0.5) is 0 Å². The third kappa shape index (κ3) is 4.39. The smallest absolute Gasteiger partial charge is 0.290 e. The molecule has 5 nitrogen and oxygen atoms in total. The molecule has 0 saturated heterocycles. The minimum Gasteiger partial charge on any atom is -0.459 e. The van der Waals surface area contributed by atoms with Gasteiger partial charge in [-0.3, -0.25) is 9.59 Å². The number of benzene rings is 1. The van der Waals surface area contributed by atoms with Crippen molar-refractivity contribution in [3.05, 3.63) is 59.5 Å². The number of hydrogen-bond donors (Lipinski definition) is 1. The van der Waals surface area contributed by atoms with Crippen LogP contribution in [0.5, 0.6) is 0 Å². The van der Waals surface area contributed by atoms with Gasteiger partial charge in [0.2, 0.25) is 5.91 Å². The first-order valence-electron chi connectivity index (χ1n) is 10.8. The molecule has 2 aliphatic carbocycles. The molecule has 29 heavy (non-hydrogen) atoms. The maximum Gasteiger partial charge on any atom is 0.290 e. The van der Waals surface area contributed by atoms with Gasteiger partial charge in [0, 0.05) is 12.1 Å². The van der Waals surface area contributed by atoms with E-state index in [2.05, 4.69) is 31.3 Å². The Balaban J connectivity index is 1.67. The van der Waals surface area contributed by atoms with Gasteiger partial charge < -0.3 is 14.6 Å². The lowest BCUT2D eigenvalue weighted by Gasteiger charge is -2.32. The van der Waals surface area contributed by atoms with E-state index in [4.69, 9.17) is 4.42 Å². The van der Waals surface area contributed by atoms with E-state index in [1.807, 2.05) is 12.1 Å². The predicted molar refractivity (Wildman–Crippen MR) is 112 cm³/mol. The molecule has 2 fully saturated rings. The van der Waals surface area contributed by atoms with Crippen molar-refractivity contribution >= 4 is 11.8 Å². The van der Waals surface area contributed by atoms with Crippen LogP contribution < -0.4 is 5.32 Å². The van der Waals surface area contributed by atoms with Crippen molar-refractivity contribution in [1.29, 1.82) is 0 Å². The van der Waals surface area contributed by atoms with Crippen LogP contribution in [0.3, 0.4) is 0 Å². The number of nitrogens with zero attached hydrogens (tertiary/aromatic N) is 1. The molecule has 2 aromatic rings. The summed E-state index contributed by atoms with van der Waals surface area (Å²) in [5.74, 6) is 0.409. The van der Waals surface area contributed by atoms with Crippen LogP contribution in [0.2, 0.25) is 0 Å². The molecule has 1 N–H and O–H groups in total. The first-order chi connectivity index (χ1) is 14.0. The first-order valence-corrected chi connectivity index (χ1v) is 10.8. The Morgan fingerprint density at radius 3 is 2.21 bits per heavy atom. The Kier molecular flexibility index (Phi) is 5.74. The molecule has 2 amide bonds. The first kappa shape index (κ1) is 19.7. The van der Waals surface area contributed by atoms with E-state index >= 15 is 0 Å². The number of carbonyl (C=O) groups is 2. The number of amides is 2. The fourth-order valence-electron chi connectivity index (χ4n) is 4.23. The average Bonchev–Trinajstić information content (AvgIpc) is 3.17. The largest absolute Gasteiger partial charge is 0.459 e. The van der Waals surface area contributed by atoms with Crippen molar-refractivity contribution < 1.29 is 14.0 Å². The number of nitrogens with one attached hydrogen (secondary N) is 1. The van der Waals surface area contributed by atoms with Crippen LogP contribution in [-0.2, 0) is 4.79 Å². The maximum atomic E-state index is 13.4. The molecule has 154 valence electrons. The van der Waals surface area contributed by atoms with E-state index in [-0.39, 0.29) is 29.7 Å². The van der Waals surface area contributed by atoms with Gasteiger partial charge >= 0.3 is 0 Å². The summed E-state index contributed by atoms with van der Waals surface area (Å²) in [6, 6.07) is 11.2. The second-order valence-electron chi connectivity index (χ2n) is 8.63. The Morgan fingerprint density at radius 2 is 1.66 bits per heavy atom. The van der Waals surface area contributed by atoms with Crippen molar-refractivity contribution in [2.75, 3.05) is 0 Å². The predicted octanol–water partition coefficient (Wildman–Crippen LogP) is 4.81. The van der Waals surface area contributed by atoms with Crippen LogP contribution in [-0.4, -0.2) is 28.8 Å². The lowest BCUT2D eigenvalue weighted by Crippen LogP contribution is -2.47. The molecule has 1 atom stereocenters. The van der Waals surface area contributed by atoms with Gasteiger partial charge in [0.25, 0.3) is 5.91 Å². The Hall–Kier alpha value is -2.56. The van der Waals surface area contributed by atoms with Gasteiger partial charge in [-0.1, -0.05) is 51.0 Å². The zero-order valence-electron chi connectivity index (χ0n) is 17.3. The molecule has 0 aliphatic heterocycles. The highest BCUT2D eigenvalue weighted by molar-refractivity contribution is 5.96. The fourth-order valence-corrected chi connectivity index (χ4v) is 4.23. The quantitative estimate of drug-likeness (QED) is 0.733. The Labute approximate surface area is 172 Å². The lowest BCUT2D eigenvalue weighted by molar-refractivity contribution is -0.126. The van der Waals surface area contributed by atoms with Crippen LogP contribution in [0.15, 0.2) is 47.1 Å². The minimum atomic E-state index is -0.637. The molecule has 1 aromatic carbocycles. The molecule has 0 radical (unpaired) electrons. The molecule has 5 heteroatoms. The van der Waals surface area contributed by atoms with E-state index in [0.717, 1.165) is 44.1 Å². The lowest BCUT2D eigenvalue weighted by atomic mass is 9.97. The third-order valence-corrected chi connectivity index (χ3v) is 6.05. The summed E-state index contributed by atoms with van der Waals surface area (Å²) in [7, 11) is 0. The molecule has 4 rings (SSSR count). The highest BCUT2D eigenvalue weighted by atomic mass is 16.3. The van der Waals surface area contributed by atoms with E-state index < -0.39 is 6.04 Å². The van der Waals surface area contributed by atoms with Gasteiger partial charge in [0.15, 0.2) is 5.76 Å². The highest BCUT2D eigenvalue weighted by Gasteiger charge is 2.43. The SMILES string of the molecule is CC(C)c1ccc(C(C(=O)NC2CCCC2)N(C(=O)c2ccco2)C2CC2)cc1. The fraction of sp³-hybridized carbons (Fsp3) is 0.500. The minimum absolute atomic E-state index is 0.0803. The van der Waals surface area contributed by atoms with E-state index in [0.29, 0.717) is 5.92 Å². The molecule has 0 spiro atoms. The Bertz CT molecular complexity index is 832. The van der Waals surface area contributed by atoms with Crippen LogP contribution >= 0.6 is 0 Å². The normalized spacial score (nSPS) is 18.0. The van der Waals surface area contributed by atoms with E-state index in [1.54, 1.807) is 17.0 Å². The van der Waals surface area contributed by atoms with Crippen LogP contribution in [0.25, 0.3) is 0 Å².